The molecule has 0 heterocycles. The van der Waals surface area contributed by atoms with Gasteiger partial charge in [0.2, 0.25) is 0 Å². The molecule has 6 nitrogen and oxygen atoms in total. The molecule has 0 atom stereocenters. The van der Waals surface area contributed by atoms with Crippen molar-refractivity contribution in [2.24, 2.45) is 0 Å². The van der Waals surface area contributed by atoms with Crippen LogP contribution >= 0.6 is 7.92 Å². The smallest absolute Gasteiger partial charge is 0.300 e. The van der Waals surface area contributed by atoms with E-state index in [0.29, 0.717) is 7.92 Å². The Kier molecular flexibility index (Phi) is 45.6. The standard InChI is InChI=1S/C24H51P.3C2H4O2/c1-4-7-10-13-16-19-22-25(23-20-17-14-11-8-5-2)24-21-18-15-12-9-6-3;3*1-2(3)4/h4-24H2,1-3H3;3*1H3,(H,3,4). The van der Waals surface area contributed by atoms with Crippen molar-refractivity contribution in [3.63, 3.8) is 0 Å². The fourth-order valence-corrected chi connectivity index (χ4v) is 6.37. The van der Waals surface area contributed by atoms with Gasteiger partial charge < -0.3 is 15.3 Å². The number of carboxylic acid groups (broad SMARTS) is 3. The summed E-state index contributed by atoms with van der Waals surface area (Å²) in [5, 5.41) is 22.2. The molecule has 0 spiro atoms. The lowest BCUT2D eigenvalue weighted by Gasteiger charge is -2.18. The van der Waals surface area contributed by atoms with Crippen LogP contribution in [0.25, 0.3) is 0 Å². The lowest BCUT2D eigenvalue weighted by molar-refractivity contribution is -0.135. The highest BCUT2D eigenvalue weighted by molar-refractivity contribution is 7.57. The molecule has 7 heteroatoms. The lowest BCUT2D eigenvalue weighted by atomic mass is 10.1. The molecule has 0 aromatic heterocycles. The van der Waals surface area contributed by atoms with Crippen molar-refractivity contribution in [3.05, 3.63) is 0 Å². The van der Waals surface area contributed by atoms with Gasteiger partial charge >= 0.3 is 0 Å². The molecule has 37 heavy (non-hydrogen) atoms. The maximum Gasteiger partial charge on any atom is 0.300 e. The number of carboxylic acids is 3. The van der Waals surface area contributed by atoms with E-state index >= 15 is 0 Å². The average molecular weight is 551 g/mol. The molecule has 0 rings (SSSR count). The first kappa shape index (κ1) is 42.9. The number of rotatable bonds is 21. The van der Waals surface area contributed by atoms with Crippen molar-refractivity contribution in [2.45, 2.75) is 157 Å². The fourth-order valence-electron chi connectivity index (χ4n) is 3.68. The molecule has 0 bridgehead atoms. The van der Waals surface area contributed by atoms with Gasteiger partial charge in [0.05, 0.1) is 0 Å². The fraction of sp³-hybridized carbons (Fsp3) is 0.900. The van der Waals surface area contributed by atoms with Crippen LogP contribution in [0.3, 0.4) is 0 Å². The predicted molar refractivity (Wildman–Crippen MR) is 162 cm³/mol. The summed E-state index contributed by atoms with van der Waals surface area (Å²) >= 11 is 0. The van der Waals surface area contributed by atoms with Crippen LogP contribution in [0.4, 0.5) is 0 Å². The zero-order chi connectivity index (χ0) is 29.2. The molecular weight excluding hydrogens is 487 g/mol. The first-order chi connectivity index (χ1) is 17.5. The largest absolute Gasteiger partial charge is 0.481 e. The molecule has 224 valence electrons. The van der Waals surface area contributed by atoms with Crippen LogP contribution < -0.4 is 0 Å². The highest BCUT2D eigenvalue weighted by atomic mass is 31.1. The molecule has 0 saturated carbocycles. The van der Waals surface area contributed by atoms with Crippen LogP contribution in [0, 0.1) is 0 Å². The number of carbonyl (C=O) groups is 3. The molecule has 0 radical (unpaired) electrons. The van der Waals surface area contributed by atoms with E-state index in [9.17, 15) is 0 Å². The first-order valence-electron chi connectivity index (χ1n) is 14.9. The Morgan fingerprint density at radius 1 is 0.405 bits per heavy atom. The highest BCUT2D eigenvalue weighted by Gasteiger charge is 2.07. The van der Waals surface area contributed by atoms with E-state index in [-0.39, 0.29) is 0 Å². The summed E-state index contributed by atoms with van der Waals surface area (Å²) in [6, 6.07) is 0. The van der Waals surface area contributed by atoms with Crippen molar-refractivity contribution in [2.75, 3.05) is 18.5 Å². The number of aliphatic carboxylic acids is 3. The molecule has 0 aromatic rings. The van der Waals surface area contributed by atoms with E-state index < -0.39 is 17.9 Å². The van der Waals surface area contributed by atoms with Crippen LogP contribution in [0.15, 0.2) is 0 Å². The van der Waals surface area contributed by atoms with Crippen molar-refractivity contribution in [1.82, 2.24) is 0 Å². The molecule has 0 aliphatic rings. The SMILES string of the molecule is CC(=O)O.CC(=O)O.CC(=O)O.CCCCCCCCP(CCCCCCCC)CCCCCCCC. The summed E-state index contributed by atoms with van der Waals surface area (Å²) in [6.45, 7) is 10.2. The number of hydrogen-bond acceptors (Lipinski definition) is 3. The highest BCUT2D eigenvalue weighted by Crippen LogP contribution is 2.39. The summed E-state index contributed by atoms with van der Waals surface area (Å²) in [5.41, 5.74) is 0. The Hall–Kier alpha value is -1.16. The first-order valence-corrected chi connectivity index (χ1v) is 16.8. The van der Waals surface area contributed by atoms with Crippen molar-refractivity contribution in [3.8, 4) is 0 Å². The van der Waals surface area contributed by atoms with E-state index in [2.05, 4.69) is 20.8 Å². The summed E-state index contributed by atoms with van der Waals surface area (Å²) in [7, 11) is 0.366. The van der Waals surface area contributed by atoms with Gasteiger partial charge in [-0.2, -0.15) is 0 Å². The Morgan fingerprint density at radius 2 is 0.568 bits per heavy atom. The third-order valence-corrected chi connectivity index (χ3v) is 8.33. The molecule has 3 N–H and O–H groups in total. The number of hydrogen-bond donors (Lipinski definition) is 3. The Labute approximate surface area is 231 Å². The average Bonchev–Trinajstić information content (AvgIpc) is 2.79. The van der Waals surface area contributed by atoms with E-state index in [4.69, 9.17) is 29.7 Å². The van der Waals surface area contributed by atoms with Gasteiger partial charge in [-0.15, -0.1) is 7.92 Å². The molecular formula is C30H63O6P. The summed E-state index contributed by atoms with van der Waals surface area (Å²) < 4.78 is 0. The van der Waals surface area contributed by atoms with Gasteiger partial charge in [-0.1, -0.05) is 117 Å². The minimum atomic E-state index is -0.833. The molecule has 0 saturated heterocycles. The summed E-state index contributed by atoms with van der Waals surface area (Å²) in [6.07, 6.45) is 31.2. The Bertz CT molecular complexity index is 392. The molecule has 0 aromatic carbocycles. The minimum absolute atomic E-state index is 0.366. The second kappa shape index (κ2) is 39.4. The van der Waals surface area contributed by atoms with Gasteiger partial charge in [0.1, 0.15) is 0 Å². The van der Waals surface area contributed by atoms with Crippen LogP contribution in [-0.4, -0.2) is 51.7 Å². The quantitative estimate of drug-likeness (QED) is 0.0968. The molecule has 0 aliphatic heterocycles. The third-order valence-electron chi connectivity index (χ3n) is 5.48. The second-order valence-electron chi connectivity index (χ2n) is 9.70. The Balaban J connectivity index is -0.000000375. The van der Waals surface area contributed by atoms with Gasteiger partial charge in [0.25, 0.3) is 17.9 Å². The van der Waals surface area contributed by atoms with Crippen molar-refractivity contribution in [1.29, 1.82) is 0 Å². The lowest BCUT2D eigenvalue weighted by Crippen LogP contribution is -1.97. The van der Waals surface area contributed by atoms with Gasteiger partial charge in [0, 0.05) is 20.8 Å². The normalized spacial score (nSPS) is 9.81. The summed E-state index contributed by atoms with van der Waals surface area (Å²) in [5.74, 6) is -2.50. The number of unbranched alkanes of at least 4 members (excludes halogenated alkanes) is 15. The maximum atomic E-state index is 9.00. The van der Waals surface area contributed by atoms with Crippen LogP contribution in [0.5, 0.6) is 0 Å². The van der Waals surface area contributed by atoms with Crippen molar-refractivity contribution >= 4 is 25.8 Å². The topological polar surface area (TPSA) is 112 Å². The van der Waals surface area contributed by atoms with Crippen molar-refractivity contribution < 1.29 is 29.7 Å². The molecule has 0 amide bonds. The monoisotopic (exact) mass is 550 g/mol. The van der Waals surface area contributed by atoms with Gasteiger partial charge in [-0.05, 0) is 37.7 Å². The zero-order valence-corrected chi connectivity index (χ0v) is 26.3. The van der Waals surface area contributed by atoms with E-state index in [1.165, 1.54) is 116 Å². The van der Waals surface area contributed by atoms with E-state index in [1.54, 1.807) is 18.5 Å². The summed E-state index contributed by atoms with van der Waals surface area (Å²) in [4.78, 5) is 27.0. The van der Waals surface area contributed by atoms with Gasteiger partial charge in [-0.3, -0.25) is 14.4 Å². The zero-order valence-electron chi connectivity index (χ0n) is 25.4. The Morgan fingerprint density at radius 3 is 0.757 bits per heavy atom. The molecule has 0 fully saturated rings. The molecule has 0 aliphatic carbocycles. The minimum Gasteiger partial charge on any atom is -0.481 e. The third kappa shape index (κ3) is 72.0. The second-order valence-corrected chi connectivity index (χ2v) is 12.4. The van der Waals surface area contributed by atoms with Crippen LogP contribution in [0.2, 0.25) is 0 Å². The van der Waals surface area contributed by atoms with Gasteiger partial charge in [-0.25, -0.2) is 0 Å². The van der Waals surface area contributed by atoms with Crippen LogP contribution in [-0.2, 0) is 14.4 Å². The predicted octanol–water partition coefficient (Wildman–Crippen LogP) is 9.82. The van der Waals surface area contributed by atoms with Gasteiger partial charge in [0.15, 0.2) is 0 Å². The molecule has 0 unspecified atom stereocenters. The van der Waals surface area contributed by atoms with E-state index in [0.717, 1.165) is 20.8 Å². The van der Waals surface area contributed by atoms with E-state index in [1.807, 2.05) is 0 Å². The van der Waals surface area contributed by atoms with Crippen LogP contribution in [0.1, 0.15) is 157 Å². The maximum absolute atomic E-state index is 9.00.